The lowest BCUT2D eigenvalue weighted by Crippen LogP contribution is -2.23. The minimum absolute atomic E-state index is 0.0421. The normalized spacial score (nSPS) is 15.8. The maximum atomic E-state index is 12.2. The van der Waals surface area contributed by atoms with Gasteiger partial charge in [-0.1, -0.05) is 6.07 Å². The molecule has 1 aliphatic heterocycles. The van der Waals surface area contributed by atoms with Crippen LogP contribution in [0.4, 0.5) is 5.69 Å². The average molecular weight is 343 g/mol. The van der Waals surface area contributed by atoms with Crippen LogP contribution < -0.4 is 24.3 Å². The maximum Gasteiger partial charge on any atom is 0.225 e. The van der Waals surface area contributed by atoms with Gasteiger partial charge in [0.2, 0.25) is 11.7 Å². The predicted octanol–water partition coefficient (Wildman–Crippen LogP) is 3.20. The molecule has 0 bridgehead atoms. The van der Waals surface area contributed by atoms with E-state index in [1.807, 2.05) is 30.3 Å². The average Bonchev–Trinajstić information content (AvgIpc) is 2.65. The molecule has 0 saturated heterocycles. The lowest BCUT2D eigenvalue weighted by atomic mass is 9.84. The van der Waals surface area contributed by atoms with Gasteiger partial charge in [0, 0.05) is 24.1 Å². The highest BCUT2D eigenvalue weighted by atomic mass is 16.5. The van der Waals surface area contributed by atoms with E-state index in [1.54, 1.807) is 28.4 Å². The van der Waals surface area contributed by atoms with Gasteiger partial charge in [-0.15, -0.1) is 0 Å². The van der Waals surface area contributed by atoms with Crippen molar-refractivity contribution >= 4 is 11.6 Å². The summed E-state index contributed by atoms with van der Waals surface area (Å²) >= 11 is 0. The van der Waals surface area contributed by atoms with Crippen molar-refractivity contribution in [2.45, 2.75) is 12.3 Å². The highest BCUT2D eigenvalue weighted by Crippen LogP contribution is 2.45. The molecule has 6 heteroatoms. The highest BCUT2D eigenvalue weighted by Gasteiger charge is 2.28. The number of benzene rings is 2. The fourth-order valence-corrected chi connectivity index (χ4v) is 3.17. The van der Waals surface area contributed by atoms with Crippen LogP contribution in [-0.4, -0.2) is 34.3 Å². The number of carbonyl (C=O) groups is 1. The van der Waals surface area contributed by atoms with Gasteiger partial charge >= 0.3 is 0 Å². The van der Waals surface area contributed by atoms with Crippen LogP contribution in [0.15, 0.2) is 30.3 Å². The smallest absolute Gasteiger partial charge is 0.225 e. The fourth-order valence-electron chi connectivity index (χ4n) is 3.17. The Kier molecular flexibility index (Phi) is 4.70. The molecule has 1 atom stereocenters. The van der Waals surface area contributed by atoms with Crippen LogP contribution in [0.25, 0.3) is 0 Å². The summed E-state index contributed by atoms with van der Waals surface area (Å²) in [4.78, 5) is 12.2. The first-order valence-electron chi connectivity index (χ1n) is 7.89. The molecule has 6 nitrogen and oxygen atoms in total. The van der Waals surface area contributed by atoms with Crippen molar-refractivity contribution in [3.8, 4) is 23.0 Å². The van der Waals surface area contributed by atoms with E-state index < -0.39 is 0 Å². The van der Waals surface area contributed by atoms with E-state index in [1.165, 1.54) is 0 Å². The van der Waals surface area contributed by atoms with E-state index >= 15 is 0 Å². The largest absolute Gasteiger partial charge is 0.497 e. The molecule has 0 unspecified atom stereocenters. The zero-order chi connectivity index (χ0) is 18.0. The van der Waals surface area contributed by atoms with Crippen molar-refractivity contribution in [1.29, 1.82) is 0 Å². The van der Waals surface area contributed by atoms with E-state index in [2.05, 4.69) is 5.32 Å². The zero-order valence-electron chi connectivity index (χ0n) is 14.7. The number of carbonyl (C=O) groups excluding carboxylic acids is 1. The molecule has 0 aromatic heterocycles. The number of nitrogens with one attached hydrogen (secondary N) is 1. The topological polar surface area (TPSA) is 66.0 Å². The molecule has 25 heavy (non-hydrogen) atoms. The van der Waals surface area contributed by atoms with Gasteiger partial charge in [0.05, 0.1) is 28.4 Å². The number of fused-ring (bicyclic) bond motifs is 1. The summed E-state index contributed by atoms with van der Waals surface area (Å²) in [7, 11) is 6.32. The van der Waals surface area contributed by atoms with E-state index in [9.17, 15) is 4.79 Å². The van der Waals surface area contributed by atoms with Crippen LogP contribution in [-0.2, 0) is 4.79 Å². The Morgan fingerprint density at radius 3 is 2.16 bits per heavy atom. The minimum Gasteiger partial charge on any atom is -0.497 e. The van der Waals surface area contributed by atoms with E-state index in [-0.39, 0.29) is 11.8 Å². The number of methoxy groups -OCH3 is 4. The second-order valence-corrected chi connectivity index (χ2v) is 5.72. The minimum atomic E-state index is -0.108. The molecule has 2 aromatic carbocycles. The van der Waals surface area contributed by atoms with Gasteiger partial charge in [-0.3, -0.25) is 4.79 Å². The lowest BCUT2D eigenvalue weighted by molar-refractivity contribution is -0.116. The van der Waals surface area contributed by atoms with Crippen molar-refractivity contribution in [2.24, 2.45) is 0 Å². The summed E-state index contributed by atoms with van der Waals surface area (Å²) in [6.45, 7) is 0. The third-order valence-electron chi connectivity index (χ3n) is 4.39. The molecule has 0 aliphatic carbocycles. The fraction of sp³-hybridized carbons (Fsp3) is 0.316. The van der Waals surface area contributed by atoms with Crippen molar-refractivity contribution < 1.29 is 23.7 Å². The first-order chi connectivity index (χ1) is 12.1. The van der Waals surface area contributed by atoms with Crippen LogP contribution in [0, 0.1) is 0 Å². The van der Waals surface area contributed by atoms with Crippen LogP contribution in [0.5, 0.6) is 23.0 Å². The number of hydrogen-bond donors (Lipinski definition) is 1. The monoisotopic (exact) mass is 343 g/mol. The third-order valence-corrected chi connectivity index (χ3v) is 4.39. The molecule has 132 valence electrons. The number of ether oxygens (including phenoxy) is 4. The van der Waals surface area contributed by atoms with Crippen molar-refractivity contribution in [1.82, 2.24) is 0 Å². The SMILES string of the molecule is COc1ccc2c(c1)NC(=O)C[C@@H]2c1cc(OC)c(OC)c(OC)c1. The number of anilines is 1. The highest BCUT2D eigenvalue weighted by molar-refractivity contribution is 5.95. The Morgan fingerprint density at radius 2 is 1.60 bits per heavy atom. The molecule has 1 heterocycles. The lowest BCUT2D eigenvalue weighted by Gasteiger charge is -2.27. The van der Waals surface area contributed by atoms with E-state index in [4.69, 9.17) is 18.9 Å². The van der Waals surface area contributed by atoms with Crippen molar-refractivity contribution in [3.05, 3.63) is 41.5 Å². The first kappa shape index (κ1) is 17.0. The summed E-state index contributed by atoms with van der Waals surface area (Å²) in [5, 5.41) is 2.91. The van der Waals surface area contributed by atoms with Gasteiger partial charge in [0.15, 0.2) is 11.5 Å². The molecule has 0 radical (unpaired) electrons. The number of hydrogen-bond acceptors (Lipinski definition) is 5. The predicted molar refractivity (Wildman–Crippen MR) is 94.2 cm³/mol. The number of amides is 1. The first-order valence-corrected chi connectivity index (χ1v) is 7.89. The van der Waals surface area contributed by atoms with Crippen molar-refractivity contribution in [3.63, 3.8) is 0 Å². The summed E-state index contributed by atoms with van der Waals surface area (Å²) in [5.74, 6) is 2.22. The Hall–Kier alpha value is -2.89. The summed E-state index contributed by atoms with van der Waals surface area (Å²) in [6, 6.07) is 9.47. The second-order valence-electron chi connectivity index (χ2n) is 5.72. The quantitative estimate of drug-likeness (QED) is 0.903. The van der Waals surface area contributed by atoms with Gasteiger partial charge in [-0.2, -0.15) is 0 Å². The van der Waals surface area contributed by atoms with Crippen LogP contribution in [0.3, 0.4) is 0 Å². The molecule has 0 spiro atoms. The molecule has 1 N–H and O–H groups in total. The summed E-state index contributed by atoms with van der Waals surface area (Å²) in [6.07, 6.45) is 0.345. The van der Waals surface area contributed by atoms with Crippen LogP contribution in [0.2, 0.25) is 0 Å². The van der Waals surface area contributed by atoms with Gasteiger partial charge in [-0.05, 0) is 29.3 Å². The molecular weight excluding hydrogens is 322 g/mol. The molecular formula is C19H21NO5. The Morgan fingerprint density at radius 1 is 0.920 bits per heavy atom. The van der Waals surface area contributed by atoms with E-state index in [0.717, 1.165) is 16.8 Å². The van der Waals surface area contributed by atoms with Gasteiger partial charge in [0.1, 0.15) is 5.75 Å². The van der Waals surface area contributed by atoms with Crippen molar-refractivity contribution in [2.75, 3.05) is 33.8 Å². The zero-order valence-corrected chi connectivity index (χ0v) is 14.7. The van der Waals surface area contributed by atoms with Gasteiger partial charge in [-0.25, -0.2) is 0 Å². The summed E-state index contributed by atoms with van der Waals surface area (Å²) in [5.41, 5.74) is 2.71. The molecule has 1 aliphatic rings. The summed E-state index contributed by atoms with van der Waals surface area (Å²) < 4.78 is 21.5. The van der Waals surface area contributed by atoms with E-state index in [0.29, 0.717) is 29.4 Å². The second kappa shape index (κ2) is 6.93. The molecule has 3 rings (SSSR count). The Bertz CT molecular complexity index is 777. The molecule has 0 fully saturated rings. The van der Waals surface area contributed by atoms with Gasteiger partial charge in [0.25, 0.3) is 0 Å². The number of rotatable bonds is 5. The molecule has 1 amide bonds. The molecule has 0 saturated carbocycles. The third kappa shape index (κ3) is 3.07. The standard InChI is InChI=1S/C19H21NO5/c1-22-12-5-6-13-14(10-18(21)20-15(13)9-12)11-7-16(23-2)19(25-4)17(8-11)24-3/h5-9,14H,10H2,1-4H3,(H,20,21)/t14-/m1/s1. The van der Waals surface area contributed by atoms with Crippen LogP contribution >= 0.6 is 0 Å². The maximum absolute atomic E-state index is 12.2. The molecule has 2 aromatic rings. The Labute approximate surface area is 146 Å². The van der Waals surface area contributed by atoms with Gasteiger partial charge < -0.3 is 24.3 Å². The Balaban J connectivity index is 2.12. The van der Waals surface area contributed by atoms with Crippen LogP contribution in [0.1, 0.15) is 23.5 Å².